The summed E-state index contributed by atoms with van der Waals surface area (Å²) in [5, 5.41) is 11.9. The quantitative estimate of drug-likeness (QED) is 0.590. The lowest BCUT2D eigenvalue weighted by molar-refractivity contribution is 0.796. The van der Waals surface area contributed by atoms with Gasteiger partial charge < -0.3 is 0 Å². The molecule has 0 aliphatic rings. The van der Waals surface area contributed by atoms with Crippen LogP contribution < -0.4 is 0 Å². The lowest BCUT2D eigenvalue weighted by Gasteiger charge is -1.91. The van der Waals surface area contributed by atoms with E-state index in [2.05, 4.69) is 15.3 Å². The molecule has 0 aliphatic carbocycles. The fourth-order valence-electron chi connectivity index (χ4n) is 0.923. The molecule has 0 saturated heterocycles. The lowest BCUT2D eigenvalue weighted by atomic mass is 10.4. The number of rotatable bonds is 0. The van der Waals surface area contributed by atoms with Crippen molar-refractivity contribution >= 4 is 22.6 Å². The van der Waals surface area contributed by atoms with Crippen molar-refractivity contribution in [1.29, 1.82) is 0 Å². The first-order valence-corrected chi connectivity index (χ1v) is 3.46. The highest BCUT2D eigenvalue weighted by molar-refractivity contribution is 6.29. The number of aryl methyl sites for hydroxylation is 1. The van der Waals surface area contributed by atoms with Crippen LogP contribution in [0.5, 0.6) is 0 Å². The summed E-state index contributed by atoms with van der Waals surface area (Å²) < 4.78 is 1.70. The van der Waals surface area contributed by atoms with Gasteiger partial charge >= 0.3 is 0 Å². The SMILES string of the molecule is Cn1ncc2nnc(Cl)cc21. The molecule has 2 rings (SSSR count). The Morgan fingerprint density at radius 3 is 3.09 bits per heavy atom. The third-order valence-electron chi connectivity index (χ3n) is 1.47. The zero-order valence-electron chi connectivity index (χ0n) is 5.82. The normalized spacial score (nSPS) is 10.7. The number of aromatic nitrogens is 4. The van der Waals surface area contributed by atoms with E-state index >= 15 is 0 Å². The van der Waals surface area contributed by atoms with E-state index in [0.717, 1.165) is 11.0 Å². The fraction of sp³-hybridized carbons (Fsp3) is 0.167. The smallest absolute Gasteiger partial charge is 0.153 e. The van der Waals surface area contributed by atoms with Gasteiger partial charge in [0.15, 0.2) is 5.15 Å². The summed E-state index contributed by atoms with van der Waals surface area (Å²) in [6, 6.07) is 1.73. The summed E-state index contributed by atoms with van der Waals surface area (Å²) in [6.45, 7) is 0. The van der Waals surface area contributed by atoms with Crippen molar-refractivity contribution in [3.05, 3.63) is 17.4 Å². The minimum absolute atomic E-state index is 0.390. The second kappa shape index (κ2) is 2.17. The molecule has 0 radical (unpaired) electrons. The molecule has 2 heterocycles. The highest BCUT2D eigenvalue weighted by Gasteiger charge is 2.00. The van der Waals surface area contributed by atoms with E-state index in [4.69, 9.17) is 11.6 Å². The molecular weight excluding hydrogens is 164 g/mol. The molecule has 0 spiro atoms. The average Bonchev–Trinajstić information content (AvgIpc) is 2.33. The number of hydrogen-bond donors (Lipinski definition) is 0. The Hall–Kier alpha value is -1.16. The van der Waals surface area contributed by atoms with Gasteiger partial charge in [-0.05, 0) is 0 Å². The van der Waals surface area contributed by atoms with Crippen LogP contribution in [-0.4, -0.2) is 20.0 Å². The Balaban J connectivity index is 2.87. The molecule has 0 amide bonds. The van der Waals surface area contributed by atoms with Crippen LogP contribution in [-0.2, 0) is 7.05 Å². The van der Waals surface area contributed by atoms with Crippen molar-refractivity contribution in [2.24, 2.45) is 7.05 Å². The van der Waals surface area contributed by atoms with Crippen LogP contribution in [0, 0.1) is 0 Å². The van der Waals surface area contributed by atoms with E-state index in [-0.39, 0.29) is 0 Å². The topological polar surface area (TPSA) is 43.6 Å². The predicted molar refractivity (Wildman–Crippen MR) is 41.3 cm³/mol. The van der Waals surface area contributed by atoms with Crippen LogP contribution in [0.1, 0.15) is 0 Å². The Morgan fingerprint density at radius 2 is 2.27 bits per heavy atom. The lowest BCUT2D eigenvalue weighted by Crippen LogP contribution is -1.89. The van der Waals surface area contributed by atoms with Crippen molar-refractivity contribution in [1.82, 2.24) is 20.0 Å². The summed E-state index contributed by atoms with van der Waals surface area (Å²) in [6.07, 6.45) is 1.65. The van der Waals surface area contributed by atoms with E-state index < -0.39 is 0 Å². The second-order valence-electron chi connectivity index (χ2n) is 2.21. The van der Waals surface area contributed by atoms with Gasteiger partial charge in [-0.1, -0.05) is 11.6 Å². The zero-order valence-corrected chi connectivity index (χ0v) is 6.58. The van der Waals surface area contributed by atoms with Gasteiger partial charge in [0.25, 0.3) is 0 Å². The average molecular weight is 169 g/mol. The minimum atomic E-state index is 0.390. The summed E-state index contributed by atoms with van der Waals surface area (Å²) in [4.78, 5) is 0. The van der Waals surface area contributed by atoms with Crippen molar-refractivity contribution in [2.75, 3.05) is 0 Å². The summed E-state index contributed by atoms with van der Waals surface area (Å²) in [7, 11) is 1.83. The van der Waals surface area contributed by atoms with E-state index in [1.54, 1.807) is 16.9 Å². The third kappa shape index (κ3) is 0.952. The first kappa shape index (κ1) is 6.54. The van der Waals surface area contributed by atoms with E-state index in [0.29, 0.717) is 5.15 Å². The Bertz CT molecular complexity index is 394. The van der Waals surface area contributed by atoms with Gasteiger partial charge in [-0.25, -0.2) is 0 Å². The number of halogens is 1. The highest BCUT2D eigenvalue weighted by Crippen LogP contribution is 2.11. The molecule has 2 aromatic heterocycles. The van der Waals surface area contributed by atoms with E-state index in [1.165, 1.54) is 0 Å². The third-order valence-corrected chi connectivity index (χ3v) is 1.66. The van der Waals surface area contributed by atoms with Crippen molar-refractivity contribution in [2.45, 2.75) is 0 Å². The number of nitrogens with zero attached hydrogens (tertiary/aromatic N) is 4. The van der Waals surface area contributed by atoms with Crippen LogP contribution in [0.2, 0.25) is 5.15 Å². The summed E-state index contributed by atoms with van der Waals surface area (Å²) in [5.41, 5.74) is 1.65. The van der Waals surface area contributed by atoms with Gasteiger partial charge in [0.2, 0.25) is 0 Å². The van der Waals surface area contributed by atoms with Crippen molar-refractivity contribution in [3.8, 4) is 0 Å². The van der Waals surface area contributed by atoms with Gasteiger partial charge in [-0.3, -0.25) is 4.68 Å². The summed E-state index contributed by atoms with van der Waals surface area (Å²) in [5.74, 6) is 0. The second-order valence-corrected chi connectivity index (χ2v) is 2.59. The van der Waals surface area contributed by atoms with Gasteiger partial charge in [0.05, 0.1) is 11.7 Å². The molecule has 56 valence electrons. The van der Waals surface area contributed by atoms with Crippen LogP contribution in [0.4, 0.5) is 0 Å². The van der Waals surface area contributed by atoms with Gasteiger partial charge in [0, 0.05) is 13.1 Å². The largest absolute Gasteiger partial charge is 0.266 e. The molecule has 0 fully saturated rings. The van der Waals surface area contributed by atoms with Crippen LogP contribution in [0.15, 0.2) is 12.3 Å². The molecule has 2 aromatic rings. The maximum Gasteiger partial charge on any atom is 0.153 e. The first-order chi connectivity index (χ1) is 5.27. The van der Waals surface area contributed by atoms with Crippen LogP contribution in [0.25, 0.3) is 11.0 Å². The molecule has 0 unspecified atom stereocenters. The highest BCUT2D eigenvalue weighted by atomic mass is 35.5. The fourth-order valence-corrected chi connectivity index (χ4v) is 1.06. The Labute approximate surface area is 67.8 Å². The van der Waals surface area contributed by atoms with Gasteiger partial charge in [-0.2, -0.15) is 5.10 Å². The standard InChI is InChI=1S/C6H5ClN4/c1-11-5-2-6(7)10-9-4(5)3-8-11/h2-3H,1H3. The molecule has 5 heteroatoms. The molecule has 11 heavy (non-hydrogen) atoms. The van der Waals surface area contributed by atoms with E-state index in [9.17, 15) is 0 Å². The maximum atomic E-state index is 5.63. The number of hydrogen-bond acceptors (Lipinski definition) is 3. The Morgan fingerprint density at radius 1 is 1.45 bits per heavy atom. The predicted octanol–water partition coefficient (Wildman–Crippen LogP) is 1.02. The molecule has 4 nitrogen and oxygen atoms in total. The molecular formula is C6H5ClN4. The Kier molecular flexibility index (Phi) is 1.29. The van der Waals surface area contributed by atoms with Crippen LogP contribution >= 0.6 is 11.6 Å². The number of fused-ring (bicyclic) bond motifs is 1. The van der Waals surface area contributed by atoms with Crippen molar-refractivity contribution in [3.63, 3.8) is 0 Å². The molecule has 0 aromatic carbocycles. The van der Waals surface area contributed by atoms with Crippen molar-refractivity contribution < 1.29 is 0 Å². The molecule has 0 N–H and O–H groups in total. The van der Waals surface area contributed by atoms with Crippen LogP contribution in [0.3, 0.4) is 0 Å². The minimum Gasteiger partial charge on any atom is -0.266 e. The maximum absolute atomic E-state index is 5.63. The molecule has 0 aliphatic heterocycles. The van der Waals surface area contributed by atoms with Gasteiger partial charge in [-0.15, -0.1) is 10.2 Å². The zero-order chi connectivity index (χ0) is 7.84. The molecule has 0 bridgehead atoms. The summed E-state index contributed by atoms with van der Waals surface area (Å²) >= 11 is 5.63. The molecule has 0 atom stereocenters. The van der Waals surface area contributed by atoms with E-state index in [1.807, 2.05) is 7.05 Å². The van der Waals surface area contributed by atoms with Gasteiger partial charge in [0.1, 0.15) is 5.52 Å². The molecule has 0 saturated carbocycles. The first-order valence-electron chi connectivity index (χ1n) is 3.08. The monoisotopic (exact) mass is 168 g/mol.